The van der Waals surface area contributed by atoms with E-state index in [2.05, 4.69) is 15.0 Å². The topological polar surface area (TPSA) is 64.4 Å². The lowest BCUT2D eigenvalue weighted by Crippen LogP contribution is -2.00. The molecule has 2 aromatic heterocycles. The molecule has 0 aliphatic heterocycles. The zero-order chi connectivity index (χ0) is 17.6. The second-order valence-corrected chi connectivity index (χ2v) is 5.66. The van der Waals surface area contributed by atoms with Crippen LogP contribution >= 0.6 is 0 Å². The van der Waals surface area contributed by atoms with Crippen LogP contribution in [0, 0.1) is 6.92 Å². The van der Waals surface area contributed by atoms with E-state index in [-0.39, 0.29) is 12.4 Å². The number of hydrogen-bond donors (Lipinski definition) is 1. The molecule has 0 saturated carbocycles. The number of carbonyl (C=O) groups excluding carboxylic acids is 1. The zero-order valence-corrected chi connectivity index (χ0v) is 14.3. The van der Waals surface area contributed by atoms with Crippen molar-refractivity contribution in [2.45, 2.75) is 19.9 Å². The number of aryl methyl sites for hydroxylation is 1. The minimum Gasteiger partial charge on any atom is -0.469 e. The van der Waals surface area contributed by atoms with Crippen LogP contribution in [0.4, 0.5) is 5.82 Å². The fourth-order valence-corrected chi connectivity index (χ4v) is 2.55. The number of benzene rings is 1. The molecule has 0 bridgehead atoms. The number of nitrogens with zero attached hydrogens (tertiary/aromatic N) is 1. The highest BCUT2D eigenvalue weighted by molar-refractivity contribution is 5.89. The normalized spacial score (nSPS) is 11.1. The van der Waals surface area contributed by atoms with E-state index in [0.717, 1.165) is 33.8 Å². The lowest BCUT2D eigenvalue weighted by molar-refractivity contribution is -0.139. The molecule has 5 heteroatoms. The largest absolute Gasteiger partial charge is 0.469 e. The molecule has 128 valence electrons. The maximum Gasteiger partial charge on any atom is 0.309 e. The standard InChI is InChI=1S/C20H20N2O3/c1-14-9-10-16(25-14)13-21-19-12-11-17-15(5-3-7-18(17)22-19)6-4-8-20(23)24-2/h3-7,9-12H,8,13H2,1-2H3,(H,21,22)/b6-4+. The van der Waals surface area contributed by atoms with Crippen molar-refractivity contribution in [1.82, 2.24) is 4.98 Å². The zero-order valence-electron chi connectivity index (χ0n) is 14.3. The number of rotatable bonds is 6. The van der Waals surface area contributed by atoms with Crippen LogP contribution in [0.1, 0.15) is 23.5 Å². The van der Waals surface area contributed by atoms with E-state index in [0.29, 0.717) is 6.54 Å². The second-order valence-electron chi connectivity index (χ2n) is 5.66. The minimum atomic E-state index is -0.255. The third-order valence-corrected chi connectivity index (χ3v) is 3.81. The molecule has 5 nitrogen and oxygen atoms in total. The molecule has 0 aliphatic carbocycles. The van der Waals surface area contributed by atoms with Crippen LogP contribution in [0.2, 0.25) is 0 Å². The van der Waals surface area contributed by atoms with E-state index in [4.69, 9.17) is 4.42 Å². The molecule has 0 saturated heterocycles. The van der Waals surface area contributed by atoms with Crippen molar-refractivity contribution in [1.29, 1.82) is 0 Å². The Morgan fingerprint density at radius 3 is 2.88 bits per heavy atom. The van der Waals surface area contributed by atoms with E-state index >= 15 is 0 Å². The molecule has 0 atom stereocenters. The predicted octanol–water partition coefficient (Wildman–Crippen LogP) is 4.32. The van der Waals surface area contributed by atoms with Gasteiger partial charge in [0.1, 0.15) is 17.3 Å². The van der Waals surface area contributed by atoms with Gasteiger partial charge in [-0.15, -0.1) is 0 Å². The number of aromatic nitrogens is 1. The molecule has 25 heavy (non-hydrogen) atoms. The van der Waals surface area contributed by atoms with Crippen LogP contribution in [0.15, 0.2) is 53.0 Å². The molecular formula is C20H20N2O3. The number of esters is 1. The Kier molecular flexibility index (Phi) is 5.14. The number of hydrogen-bond acceptors (Lipinski definition) is 5. The lowest BCUT2D eigenvalue weighted by Gasteiger charge is -2.07. The van der Waals surface area contributed by atoms with Crippen LogP contribution < -0.4 is 5.32 Å². The Morgan fingerprint density at radius 2 is 2.12 bits per heavy atom. The molecule has 3 aromatic rings. The number of nitrogens with one attached hydrogen (secondary N) is 1. The molecule has 0 radical (unpaired) electrons. The van der Waals surface area contributed by atoms with Crippen molar-refractivity contribution in [3.8, 4) is 0 Å². The summed E-state index contributed by atoms with van der Waals surface area (Å²) in [5.74, 6) is 2.30. The number of anilines is 1. The SMILES string of the molecule is COC(=O)C/C=C/c1cccc2nc(NCc3ccc(C)o3)ccc12. The van der Waals surface area contributed by atoms with Crippen LogP contribution in [0.25, 0.3) is 17.0 Å². The lowest BCUT2D eigenvalue weighted by atomic mass is 10.1. The highest BCUT2D eigenvalue weighted by Gasteiger charge is 2.03. The van der Waals surface area contributed by atoms with Gasteiger partial charge in [0, 0.05) is 5.39 Å². The van der Waals surface area contributed by atoms with Gasteiger partial charge in [-0.3, -0.25) is 4.79 Å². The maximum atomic E-state index is 11.2. The smallest absolute Gasteiger partial charge is 0.309 e. The van der Waals surface area contributed by atoms with Gasteiger partial charge in [-0.1, -0.05) is 24.3 Å². The van der Waals surface area contributed by atoms with Gasteiger partial charge in [-0.2, -0.15) is 0 Å². The van der Waals surface area contributed by atoms with Crippen molar-refractivity contribution in [2.75, 3.05) is 12.4 Å². The summed E-state index contributed by atoms with van der Waals surface area (Å²) in [6, 6.07) is 13.8. The van der Waals surface area contributed by atoms with Crippen LogP contribution in [0.5, 0.6) is 0 Å². The van der Waals surface area contributed by atoms with Crippen molar-refractivity contribution >= 4 is 28.8 Å². The molecule has 0 fully saturated rings. The Hall–Kier alpha value is -3.08. The summed E-state index contributed by atoms with van der Waals surface area (Å²) >= 11 is 0. The first-order chi connectivity index (χ1) is 12.2. The summed E-state index contributed by atoms with van der Waals surface area (Å²) in [6.07, 6.45) is 3.97. The van der Waals surface area contributed by atoms with E-state index in [1.807, 2.05) is 55.5 Å². The minimum absolute atomic E-state index is 0.252. The number of carbonyl (C=O) groups is 1. The molecular weight excluding hydrogens is 316 g/mol. The van der Waals surface area contributed by atoms with Crippen molar-refractivity contribution in [3.05, 3.63) is 65.6 Å². The third-order valence-electron chi connectivity index (χ3n) is 3.81. The molecule has 0 amide bonds. The van der Waals surface area contributed by atoms with Gasteiger partial charge in [0.25, 0.3) is 0 Å². The number of ether oxygens (including phenoxy) is 1. The Labute approximate surface area is 146 Å². The van der Waals surface area contributed by atoms with Gasteiger partial charge in [0.05, 0.1) is 25.6 Å². The van der Waals surface area contributed by atoms with E-state index < -0.39 is 0 Å². The van der Waals surface area contributed by atoms with E-state index in [9.17, 15) is 4.79 Å². The number of pyridine rings is 1. The highest BCUT2D eigenvalue weighted by Crippen LogP contribution is 2.21. The van der Waals surface area contributed by atoms with Crippen LogP contribution in [-0.2, 0) is 16.1 Å². The average Bonchev–Trinajstić information content (AvgIpc) is 3.05. The van der Waals surface area contributed by atoms with Crippen LogP contribution in [-0.4, -0.2) is 18.1 Å². The fourth-order valence-electron chi connectivity index (χ4n) is 2.55. The first kappa shape index (κ1) is 16.8. The average molecular weight is 336 g/mol. The Bertz CT molecular complexity index is 912. The molecule has 1 aromatic carbocycles. The quantitative estimate of drug-likeness (QED) is 0.679. The molecule has 3 rings (SSSR count). The Morgan fingerprint density at radius 1 is 1.24 bits per heavy atom. The summed E-state index contributed by atoms with van der Waals surface area (Å²) < 4.78 is 10.2. The summed E-state index contributed by atoms with van der Waals surface area (Å²) in [5.41, 5.74) is 1.91. The molecule has 1 N–H and O–H groups in total. The van der Waals surface area contributed by atoms with Gasteiger partial charge >= 0.3 is 5.97 Å². The van der Waals surface area contributed by atoms with Gasteiger partial charge in [-0.05, 0) is 42.8 Å². The fraction of sp³-hybridized carbons (Fsp3) is 0.200. The van der Waals surface area contributed by atoms with Crippen LogP contribution in [0.3, 0.4) is 0 Å². The van der Waals surface area contributed by atoms with Crippen molar-refractivity contribution < 1.29 is 13.9 Å². The monoisotopic (exact) mass is 336 g/mol. The first-order valence-electron chi connectivity index (χ1n) is 8.08. The number of furan rings is 1. The predicted molar refractivity (Wildman–Crippen MR) is 98.2 cm³/mol. The van der Waals surface area contributed by atoms with Gasteiger partial charge in [-0.25, -0.2) is 4.98 Å². The molecule has 0 unspecified atom stereocenters. The highest BCUT2D eigenvalue weighted by atomic mass is 16.5. The number of methoxy groups -OCH3 is 1. The van der Waals surface area contributed by atoms with Gasteiger partial charge in [0.15, 0.2) is 0 Å². The van der Waals surface area contributed by atoms with Crippen molar-refractivity contribution in [3.63, 3.8) is 0 Å². The first-order valence-corrected chi connectivity index (χ1v) is 8.08. The summed E-state index contributed by atoms with van der Waals surface area (Å²) in [5, 5.41) is 4.30. The summed E-state index contributed by atoms with van der Waals surface area (Å²) in [7, 11) is 1.39. The Balaban J connectivity index is 1.75. The van der Waals surface area contributed by atoms with Gasteiger partial charge in [0.2, 0.25) is 0 Å². The van der Waals surface area contributed by atoms with Crippen molar-refractivity contribution in [2.24, 2.45) is 0 Å². The van der Waals surface area contributed by atoms with E-state index in [1.165, 1.54) is 7.11 Å². The second kappa shape index (κ2) is 7.66. The maximum absolute atomic E-state index is 11.2. The summed E-state index contributed by atoms with van der Waals surface area (Å²) in [4.78, 5) is 15.8. The third kappa shape index (κ3) is 4.26. The van der Waals surface area contributed by atoms with Gasteiger partial charge < -0.3 is 14.5 Å². The molecule has 2 heterocycles. The van der Waals surface area contributed by atoms with E-state index in [1.54, 1.807) is 6.08 Å². The number of fused-ring (bicyclic) bond motifs is 1. The molecule has 0 spiro atoms. The summed E-state index contributed by atoms with van der Waals surface area (Å²) in [6.45, 7) is 2.51. The molecule has 0 aliphatic rings.